The Kier molecular flexibility index (Phi) is 4.44. The van der Waals surface area contributed by atoms with Gasteiger partial charge in [-0.05, 0) is 42.0 Å². The molecule has 0 saturated heterocycles. The Morgan fingerprint density at radius 2 is 1.91 bits per heavy atom. The summed E-state index contributed by atoms with van der Waals surface area (Å²) < 4.78 is 32.5. The third-order valence-corrected chi connectivity index (χ3v) is 5.24. The second-order valence-corrected chi connectivity index (χ2v) is 8.22. The van der Waals surface area contributed by atoms with Gasteiger partial charge in [-0.15, -0.1) is 0 Å². The van der Waals surface area contributed by atoms with Crippen LogP contribution in [0.2, 0.25) is 0 Å². The van der Waals surface area contributed by atoms with E-state index in [-0.39, 0.29) is 12.0 Å². The van der Waals surface area contributed by atoms with Crippen LogP contribution in [0.15, 0.2) is 33.9 Å². The first-order valence-electron chi connectivity index (χ1n) is 7.12. The molecular weight excluding hydrogens is 300 g/mol. The molecule has 5 nitrogen and oxygen atoms in total. The summed E-state index contributed by atoms with van der Waals surface area (Å²) in [5.74, 6) is 0. The summed E-state index contributed by atoms with van der Waals surface area (Å²) in [4.78, 5) is 0.320. The van der Waals surface area contributed by atoms with E-state index in [0.29, 0.717) is 10.6 Å². The quantitative estimate of drug-likeness (QED) is 0.939. The zero-order valence-corrected chi connectivity index (χ0v) is 14.4. The van der Waals surface area contributed by atoms with E-state index in [1.807, 2.05) is 19.9 Å². The molecule has 0 fully saturated rings. The average Bonchev–Trinajstić information content (AvgIpc) is 2.91. The predicted octanol–water partition coefficient (Wildman–Crippen LogP) is 3.07. The Morgan fingerprint density at radius 1 is 1.23 bits per heavy atom. The van der Waals surface area contributed by atoms with E-state index in [9.17, 15) is 8.42 Å². The summed E-state index contributed by atoms with van der Waals surface area (Å²) in [5, 5.41) is 3.71. The van der Waals surface area contributed by atoms with Crippen LogP contribution in [-0.2, 0) is 22.0 Å². The molecule has 22 heavy (non-hydrogen) atoms. The average molecular weight is 322 g/mol. The molecule has 0 spiro atoms. The molecule has 6 heteroatoms. The number of benzene rings is 1. The van der Waals surface area contributed by atoms with Gasteiger partial charge in [0, 0.05) is 6.07 Å². The van der Waals surface area contributed by atoms with Gasteiger partial charge in [-0.25, -0.2) is 13.1 Å². The number of nitrogens with one attached hydrogen (secondary N) is 1. The van der Waals surface area contributed by atoms with Gasteiger partial charge in [0.25, 0.3) is 0 Å². The molecule has 1 N–H and O–H groups in total. The molecule has 120 valence electrons. The number of aromatic nitrogens is 1. The monoisotopic (exact) mass is 322 g/mol. The largest absolute Gasteiger partial charge is 0.364 e. The Bertz CT molecular complexity index is 757. The van der Waals surface area contributed by atoms with Crippen molar-refractivity contribution in [1.29, 1.82) is 0 Å². The maximum Gasteiger partial charge on any atom is 0.241 e. The van der Waals surface area contributed by atoms with Crippen LogP contribution in [0.3, 0.4) is 0 Å². The summed E-state index contributed by atoms with van der Waals surface area (Å²) in [6, 6.07) is 5.44. The zero-order chi connectivity index (χ0) is 16.5. The molecule has 2 rings (SSSR count). The van der Waals surface area contributed by atoms with E-state index in [2.05, 4.69) is 30.6 Å². The Hall–Kier alpha value is -1.66. The van der Waals surface area contributed by atoms with Crippen LogP contribution in [0.5, 0.6) is 0 Å². The highest BCUT2D eigenvalue weighted by molar-refractivity contribution is 7.89. The fraction of sp³-hybridized carbons (Fsp3) is 0.438. The maximum absolute atomic E-state index is 12.6. The Balaban J connectivity index is 2.39. The first-order valence-corrected chi connectivity index (χ1v) is 8.60. The normalized spacial score (nSPS) is 12.6. The molecule has 0 aliphatic heterocycles. The third kappa shape index (κ3) is 3.56. The number of rotatable bonds is 4. The fourth-order valence-electron chi connectivity index (χ4n) is 2.11. The molecule has 0 amide bonds. The second-order valence-electron chi connectivity index (χ2n) is 6.48. The standard InChI is InChI=1S/C16H22N2O3S/c1-11-8-13(16(3,4)5)9-15(12(11)2)22(19,20)17-10-14-6-7-21-18-14/h6-9,17H,10H2,1-5H3. The van der Waals surface area contributed by atoms with Crippen LogP contribution >= 0.6 is 0 Å². The van der Waals surface area contributed by atoms with Crippen molar-refractivity contribution in [2.45, 2.75) is 51.5 Å². The molecule has 1 aromatic heterocycles. The van der Waals surface area contributed by atoms with E-state index in [1.165, 1.54) is 6.26 Å². The number of hydrogen-bond donors (Lipinski definition) is 1. The van der Waals surface area contributed by atoms with Gasteiger partial charge in [-0.2, -0.15) is 0 Å². The lowest BCUT2D eigenvalue weighted by Gasteiger charge is -2.22. The Morgan fingerprint density at radius 3 is 2.45 bits per heavy atom. The second kappa shape index (κ2) is 5.85. The number of sulfonamides is 1. The minimum Gasteiger partial charge on any atom is -0.364 e. The maximum atomic E-state index is 12.6. The highest BCUT2D eigenvalue weighted by atomic mass is 32.2. The van der Waals surface area contributed by atoms with Crippen molar-refractivity contribution in [1.82, 2.24) is 9.88 Å². The lowest BCUT2D eigenvalue weighted by molar-refractivity contribution is 0.411. The zero-order valence-electron chi connectivity index (χ0n) is 13.6. The highest BCUT2D eigenvalue weighted by Crippen LogP contribution is 2.29. The first kappa shape index (κ1) is 16.7. The van der Waals surface area contributed by atoms with Crippen LogP contribution in [0.25, 0.3) is 0 Å². The van der Waals surface area contributed by atoms with Crippen molar-refractivity contribution in [3.63, 3.8) is 0 Å². The molecule has 1 heterocycles. The van der Waals surface area contributed by atoms with Crippen molar-refractivity contribution < 1.29 is 12.9 Å². The summed E-state index contributed by atoms with van der Waals surface area (Å²) >= 11 is 0. The smallest absolute Gasteiger partial charge is 0.241 e. The highest BCUT2D eigenvalue weighted by Gasteiger charge is 2.23. The van der Waals surface area contributed by atoms with E-state index in [4.69, 9.17) is 4.52 Å². The Labute approximate surface area is 131 Å². The molecule has 0 radical (unpaired) electrons. The van der Waals surface area contributed by atoms with Crippen molar-refractivity contribution in [3.8, 4) is 0 Å². The van der Waals surface area contributed by atoms with Gasteiger partial charge < -0.3 is 4.52 Å². The molecule has 2 aromatic rings. The molecule has 0 aliphatic carbocycles. The third-order valence-electron chi connectivity index (χ3n) is 3.71. The van der Waals surface area contributed by atoms with Crippen molar-refractivity contribution in [2.24, 2.45) is 0 Å². The number of hydrogen-bond acceptors (Lipinski definition) is 4. The lowest BCUT2D eigenvalue weighted by atomic mass is 9.85. The summed E-state index contributed by atoms with van der Waals surface area (Å²) in [6.07, 6.45) is 1.42. The predicted molar refractivity (Wildman–Crippen MR) is 85.1 cm³/mol. The van der Waals surface area contributed by atoms with E-state index in [0.717, 1.165) is 16.7 Å². The van der Waals surface area contributed by atoms with Gasteiger partial charge in [-0.1, -0.05) is 32.0 Å². The van der Waals surface area contributed by atoms with Gasteiger partial charge in [-0.3, -0.25) is 0 Å². The number of aryl methyl sites for hydroxylation is 1. The van der Waals surface area contributed by atoms with Gasteiger partial charge in [0.2, 0.25) is 10.0 Å². The van der Waals surface area contributed by atoms with E-state index in [1.54, 1.807) is 12.1 Å². The van der Waals surface area contributed by atoms with Gasteiger partial charge in [0.15, 0.2) is 0 Å². The molecule has 0 saturated carbocycles. The molecular formula is C16H22N2O3S. The van der Waals surface area contributed by atoms with Crippen molar-refractivity contribution in [2.75, 3.05) is 0 Å². The summed E-state index contributed by atoms with van der Waals surface area (Å²) in [6.45, 7) is 10.1. The van der Waals surface area contributed by atoms with Gasteiger partial charge in [0.05, 0.1) is 17.1 Å². The minimum atomic E-state index is -3.60. The van der Waals surface area contributed by atoms with E-state index >= 15 is 0 Å². The summed E-state index contributed by atoms with van der Waals surface area (Å²) in [7, 11) is -3.60. The lowest BCUT2D eigenvalue weighted by Crippen LogP contribution is -2.25. The van der Waals surface area contributed by atoms with E-state index < -0.39 is 10.0 Å². The fourth-order valence-corrected chi connectivity index (χ4v) is 3.45. The molecule has 1 aromatic carbocycles. The van der Waals surface area contributed by atoms with Crippen LogP contribution in [0, 0.1) is 13.8 Å². The van der Waals surface area contributed by atoms with Gasteiger partial charge >= 0.3 is 0 Å². The molecule has 0 bridgehead atoms. The topological polar surface area (TPSA) is 72.2 Å². The first-order chi connectivity index (χ1) is 10.1. The SMILES string of the molecule is Cc1cc(C(C)(C)C)cc(S(=O)(=O)NCc2ccon2)c1C. The van der Waals surface area contributed by atoms with Gasteiger partial charge in [0.1, 0.15) is 6.26 Å². The van der Waals surface area contributed by atoms with Crippen molar-refractivity contribution >= 4 is 10.0 Å². The van der Waals surface area contributed by atoms with Crippen LogP contribution in [0.4, 0.5) is 0 Å². The summed E-state index contributed by atoms with van der Waals surface area (Å²) in [5.41, 5.74) is 3.16. The molecule has 0 atom stereocenters. The molecule has 0 unspecified atom stereocenters. The van der Waals surface area contributed by atoms with Crippen LogP contribution in [0.1, 0.15) is 43.2 Å². The molecule has 0 aliphatic rings. The van der Waals surface area contributed by atoms with Crippen LogP contribution < -0.4 is 4.72 Å². The van der Waals surface area contributed by atoms with Crippen molar-refractivity contribution in [3.05, 3.63) is 46.8 Å². The number of nitrogens with zero attached hydrogens (tertiary/aromatic N) is 1. The van der Waals surface area contributed by atoms with Crippen LogP contribution in [-0.4, -0.2) is 13.6 Å². The minimum absolute atomic E-state index is 0.108.